The summed E-state index contributed by atoms with van der Waals surface area (Å²) in [4.78, 5) is 24.2. The number of hydrogen-bond acceptors (Lipinski definition) is 3. The number of carbonyl (C=O) groups is 2. The standard InChI is InChI=1S/C11H20N2O2/c1-4-5-8(2)12-9-6-7-10(14)13(3)11(9)15/h8-9,12H,4-7H2,1-3H3. The van der Waals surface area contributed by atoms with Crippen molar-refractivity contribution in [2.75, 3.05) is 7.05 Å². The predicted octanol–water partition coefficient (Wildman–Crippen LogP) is 0.912. The number of likely N-dealkylation sites (tertiary alicyclic amines) is 1. The van der Waals surface area contributed by atoms with E-state index < -0.39 is 0 Å². The second-order valence-electron chi connectivity index (χ2n) is 4.24. The molecule has 1 heterocycles. The van der Waals surface area contributed by atoms with Gasteiger partial charge in [0.05, 0.1) is 6.04 Å². The summed E-state index contributed by atoms with van der Waals surface area (Å²) in [5.74, 6) is -0.157. The first kappa shape index (κ1) is 12.2. The second-order valence-corrected chi connectivity index (χ2v) is 4.24. The molecular weight excluding hydrogens is 192 g/mol. The first-order valence-corrected chi connectivity index (χ1v) is 5.62. The first-order chi connectivity index (χ1) is 7.06. The van der Waals surface area contributed by atoms with Crippen LogP contribution in [0.1, 0.15) is 39.5 Å². The predicted molar refractivity (Wildman–Crippen MR) is 58.3 cm³/mol. The minimum absolute atomic E-state index is 0.0683. The summed E-state index contributed by atoms with van der Waals surface area (Å²) >= 11 is 0. The Labute approximate surface area is 91.0 Å². The molecule has 2 unspecified atom stereocenters. The van der Waals surface area contributed by atoms with E-state index in [0.717, 1.165) is 12.8 Å². The highest BCUT2D eigenvalue weighted by atomic mass is 16.2. The van der Waals surface area contributed by atoms with Crippen LogP contribution in [0.25, 0.3) is 0 Å². The molecule has 1 N–H and O–H groups in total. The van der Waals surface area contributed by atoms with E-state index in [2.05, 4.69) is 19.2 Å². The van der Waals surface area contributed by atoms with Gasteiger partial charge in [-0.15, -0.1) is 0 Å². The molecule has 0 aromatic carbocycles. The van der Waals surface area contributed by atoms with Crippen molar-refractivity contribution in [3.8, 4) is 0 Å². The summed E-state index contributed by atoms with van der Waals surface area (Å²) in [6.45, 7) is 4.20. The number of likely N-dealkylation sites (N-methyl/N-ethyl adjacent to an activating group) is 1. The Bertz CT molecular complexity index is 253. The average molecular weight is 212 g/mol. The number of hydrogen-bond donors (Lipinski definition) is 1. The quantitative estimate of drug-likeness (QED) is 0.705. The number of nitrogens with zero attached hydrogens (tertiary/aromatic N) is 1. The third-order valence-corrected chi connectivity index (χ3v) is 2.86. The van der Waals surface area contributed by atoms with Gasteiger partial charge in [-0.05, 0) is 19.8 Å². The molecule has 86 valence electrons. The van der Waals surface area contributed by atoms with Gasteiger partial charge in [-0.1, -0.05) is 13.3 Å². The lowest BCUT2D eigenvalue weighted by molar-refractivity contribution is -0.148. The molecule has 0 bridgehead atoms. The van der Waals surface area contributed by atoms with Gasteiger partial charge in [0, 0.05) is 19.5 Å². The molecule has 2 atom stereocenters. The highest BCUT2D eigenvalue weighted by molar-refractivity contribution is 6.00. The van der Waals surface area contributed by atoms with Crippen LogP contribution in [0.3, 0.4) is 0 Å². The summed E-state index contributed by atoms with van der Waals surface area (Å²) in [6, 6.07) is 0.166. The van der Waals surface area contributed by atoms with Crippen LogP contribution in [0.5, 0.6) is 0 Å². The topological polar surface area (TPSA) is 49.4 Å². The third kappa shape index (κ3) is 3.02. The Morgan fingerprint density at radius 2 is 2.20 bits per heavy atom. The minimum Gasteiger partial charge on any atom is -0.303 e. The van der Waals surface area contributed by atoms with Gasteiger partial charge in [0.15, 0.2) is 0 Å². The molecular formula is C11H20N2O2. The van der Waals surface area contributed by atoms with E-state index >= 15 is 0 Å². The third-order valence-electron chi connectivity index (χ3n) is 2.86. The summed E-state index contributed by atoms with van der Waals surface area (Å²) in [5.41, 5.74) is 0. The van der Waals surface area contributed by atoms with Crippen molar-refractivity contribution in [2.24, 2.45) is 0 Å². The van der Waals surface area contributed by atoms with E-state index in [1.807, 2.05) is 0 Å². The highest BCUT2D eigenvalue weighted by Gasteiger charge is 2.31. The molecule has 0 spiro atoms. The molecule has 1 rings (SSSR count). The Hall–Kier alpha value is -0.900. The largest absolute Gasteiger partial charge is 0.303 e. The fourth-order valence-corrected chi connectivity index (χ4v) is 1.93. The van der Waals surface area contributed by atoms with Crippen molar-refractivity contribution in [1.82, 2.24) is 10.2 Å². The Kier molecular flexibility index (Phi) is 4.27. The van der Waals surface area contributed by atoms with Crippen LogP contribution >= 0.6 is 0 Å². The monoisotopic (exact) mass is 212 g/mol. The molecule has 1 aliphatic rings. The molecule has 0 radical (unpaired) electrons. The van der Waals surface area contributed by atoms with Crippen molar-refractivity contribution in [1.29, 1.82) is 0 Å². The Morgan fingerprint density at radius 3 is 2.80 bits per heavy atom. The lowest BCUT2D eigenvalue weighted by Gasteiger charge is -2.30. The SMILES string of the molecule is CCCC(C)NC1CCC(=O)N(C)C1=O. The normalized spacial score (nSPS) is 24.5. The molecule has 1 fully saturated rings. The molecule has 0 aromatic rings. The van der Waals surface area contributed by atoms with Gasteiger partial charge in [0.1, 0.15) is 0 Å². The summed E-state index contributed by atoms with van der Waals surface area (Å²) in [5, 5.41) is 3.28. The molecule has 15 heavy (non-hydrogen) atoms. The Balaban J connectivity index is 2.49. The Morgan fingerprint density at radius 1 is 1.53 bits per heavy atom. The smallest absolute Gasteiger partial charge is 0.246 e. The fraction of sp³-hybridized carbons (Fsp3) is 0.818. The zero-order chi connectivity index (χ0) is 11.4. The van der Waals surface area contributed by atoms with Crippen LogP contribution in [0.15, 0.2) is 0 Å². The lowest BCUT2D eigenvalue weighted by Crippen LogP contribution is -2.53. The zero-order valence-electron chi connectivity index (χ0n) is 9.75. The molecule has 0 aromatic heterocycles. The van der Waals surface area contributed by atoms with E-state index in [1.165, 1.54) is 4.90 Å². The van der Waals surface area contributed by atoms with Gasteiger partial charge in [0.2, 0.25) is 11.8 Å². The van der Waals surface area contributed by atoms with Crippen molar-refractivity contribution in [3.05, 3.63) is 0 Å². The maximum atomic E-state index is 11.7. The number of carbonyl (C=O) groups excluding carboxylic acids is 2. The molecule has 2 amide bonds. The molecule has 4 heteroatoms. The highest BCUT2D eigenvalue weighted by Crippen LogP contribution is 2.12. The lowest BCUT2D eigenvalue weighted by atomic mass is 10.0. The average Bonchev–Trinajstić information content (AvgIpc) is 2.20. The molecule has 4 nitrogen and oxygen atoms in total. The number of rotatable bonds is 4. The first-order valence-electron chi connectivity index (χ1n) is 5.62. The van der Waals surface area contributed by atoms with Crippen molar-refractivity contribution in [3.63, 3.8) is 0 Å². The van der Waals surface area contributed by atoms with Crippen LogP contribution in [0, 0.1) is 0 Å². The van der Waals surface area contributed by atoms with Gasteiger partial charge in [-0.2, -0.15) is 0 Å². The maximum absolute atomic E-state index is 11.7. The van der Waals surface area contributed by atoms with Crippen molar-refractivity contribution < 1.29 is 9.59 Å². The summed E-state index contributed by atoms with van der Waals surface area (Å²) in [6.07, 6.45) is 3.26. The minimum atomic E-state index is -0.172. The van der Waals surface area contributed by atoms with Crippen LogP contribution in [-0.2, 0) is 9.59 Å². The molecule has 0 aliphatic carbocycles. The van der Waals surface area contributed by atoms with Crippen molar-refractivity contribution in [2.45, 2.75) is 51.6 Å². The molecule has 1 aliphatic heterocycles. The van der Waals surface area contributed by atoms with Gasteiger partial charge >= 0.3 is 0 Å². The number of nitrogens with one attached hydrogen (secondary N) is 1. The van der Waals surface area contributed by atoms with E-state index in [-0.39, 0.29) is 17.9 Å². The number of imide groups is 1. The summed E-state index contributed by atoms with van der Waals surface area (Å²) in [7, 11) is 1.56. The number of amides is 2. The second kappa shape index (κ2) is 5.26. The van der Waals surface area contributed by atoms with Gasteiger partial charge in [0.25, 0.3) is 0 Å². The van der Waals surface area contributed by atoms with E-state index in [0.29, 0.717) is 18.9 Å². The molecule has 0 saturated carbocycles. The summed E-state index contributed by atoms with van der Waals surface area (Å²) < 4.78 is 0. The van der Waals surface area contributed by atoms with E-state index in [9.17, 15) is 9.59 Å². The van der Waals surface area contributed by atoms with E-state index in [4.69, 9.17) is 0 Å². The van der Waals surface area contributed by atoms with Crippen LogP contribution in [-0.4, -0.2) is 35.8 Å². The fourth-order valence-electron chi connectivity index (χ4n) is 1.93. The number of piperidine rings is 1. The maximum Gasteiger partial charge on any atom is 0.246 e. The van der Waals surface area contributed by atoms with Gasteiger partial charge in [-0.25, -0.2) is 0 Å². The van der Waals surface area contributed by atoms with Crippen LogP contribution < -0.4 is 5.32 Å². The van der Waals surface area contributed by atoms with Crippen LogP contribution in [0.4, 0.5) is 0 Å². The molecule has 1 saturated heterocycles. The van der Waals surface area contributed by atoms with Gasteiger partial charge < -0.3 is 5.32 Å². The van der Waals surface area contributed by atoms with Gasteiger partial charge in [-0.3, -0.25) is 14.5 Å². The van der Waals surface area contributed by atoms with Crippen LogP contribution in [0.2, 0.25) is 0 Å². The zero-order valence-corrected chi connectivity index (χ0v) is 9.75. The van der Waals surface area contributed by atoms with E-state index in [1.54, 1.807) is 7.05 Å². The van der Waals surface area contributed by atoms with Crippen molar-refractivity contribution >= 4 is 11.8 Å².